The molecule has 0 spiro atoms. The highest BCUT2D eigenvalue weighted by Gasteiger charge is 2.20. The van der Waals surface area contributed by atoms with Gasteiger partial charge in [-0.2, -0.15) is 10.1 Å². The van der Waals surface area contributed by atoms with Gasteiger partial charge in [0.05, 0.1) is 5.71 Å². The van der Waals surface area contributed by atoms with Gasteiger partial charge < -0.3 is 15.1 Å². The number of hydrogen-bond donors (Lipinski definition) is 1. The number of nitrogens with one attached hydrogen (secondary N) is 1. The zero-order valence-electron chi connectivity index (χ0n) is 20.8. The minimum Gasteiger partial charge on any atom is -0.336 e. The summed E-state index contributed by atoms with van der Waals surface area (Å²) < 4.78 is 1.86. The lowest BCUT2D eigenvalue weighted by atomic mass is 10.1. The van der Waals surface area contributed by atoms with Gasteiger partial charge in [-0.3, -0.25) is 14.5 Å². The van der Waals surface area contributed by atoms with Crippen LogP contribution in [0, 0.1) is 12.5 Å². The molecule has 0 unspecified atom stereocenters. The van der Waals surface area contributed by atoms with E-state index in [1.807, 2.05) is 53.9 Å². The predicted molar refractivity (Wildman–Crippen MR) is 143 cm³/mol. The second-order valence-electron chi connectivity index (χ2n) is 8.55. The number of terminal acetylenes is 1. The quantitative estimate of drug-likeness (QED) is 0.343. The van der Waals surface area contributed by atoms with E-state index < -0.39 is 0 Å². The number of hydrogen-bond acceptors (Lipinski definition) is 5. The van der Waals surface area contributed by atoms with Gasteiger partial charge in [0.2, 0.25) is 5.96 Å². The molecule has 0 radical (unpaired) electrons. The summed E-state index contributed by atoms with van der Waals surface area (Å²) >= 11 is 0. The molecular formula is C27H30N8O. The molecule has 1 aromatic carbocycles. The number of rotatable bonds is 5. The maximum atomic E-state index is 12.8. The van der Waals surface area contributed by atoms with Crippen molar-refractivity contribution in [3.05, 3.63) is 66.1 Å². The number of carbonyl (C=O) groups is 1. The zero-order valence-corrected chi connectivity index (χ0v) is 20.8. The lowest BCUT2D eigenvalue weighted by Gasteiger charge is -2.32. The number of nitrogens with zero attached hydrogens (tertiary/aromatic N) is 7. The molecule has 1 aliphatic heterocycles. The van der Waals surface area contributed by atoms with Gasteiger partial charge in [-0.1, -0.05) is 6.42 Å². The van der Waals surface area contributed by atoms with Crippen molar-refractivity contribution in [3.63, 3.8) is 0 Å². The van der Waals surface area contributed by atoms with Crippen molar-refractivity contribution in [2.75, 3.05) is 38.5 Å². The zero-order chi connectivity index (χ0) is 25.5. The minimum absolute atomic E-state index is 0.0388. The first-order valence-corrected chi connectivity index (χ1v) is 11.9. The number of piperazine rings is 1. The van der Waals surface area contributed by atoms with Crippen molar-refractivity contribution in [2.45, 2.75) is 20.4 Å². The standard InChI is InChI=1S/C27H30N8O/c1-5-29-27(30-20(3)24-19-35(6-2)32-25(24)22-8-7-13-28-18-22)31-23-11-9-21(10-12-23)26(36)34-16-14-33(4)15-17-34/h1,7-13,18-19H,6,14-17H2,2-4H3,(H,29,31)/b30-20+. The molecule has 4 rings (SSSR count). The molecule has 1 saturated heterocycles. The Morgan fingerprint density at radius 3 is 2.56 bits per heavy atom. The Balaban J connectivity index is 1.53. The number of guanidine groups is 1. The molecular weight excluding hydrogens is 452 g/mol. The van der Waals surface area contributed by atoms with Crippen LogP contribution in [-0.4, -0.2) is 75.4 Å². The van der Waals surface area contributed by atoms with E-state index in [0.717, 1.165) is 55.2 Å². The fourth-order valence-electron chi connectivity index (χ4n) is 3.94. The number of pyridine rings is 1. The lowest BCUT2D eigenvalue weighted by molar-refractivity contribution is 0.0664. The molecule has 3 heterocycles. The Morgan fingerprint density at radius 2 is 1.92 bits per heavy atom. The monoisotopic (exact) mass is 482 g/mol. The van der Waals surface area contributed by atoms with Crippen molar-refractivity contribution in [1.29, 1.82) is 0 Å². The van der Waals surface area contributed by atoms with Crippen LogP contribution in [0.5, 0.6) is 0 Å². The van der Waals surface area contributed by atoms with Gasteiger partial charge in [-0.25, -0.2) is 4.99 Å². The third-order valence-electron chi connectivity index (χ3n) is 6.03. The number of aliphatic imine (C=N–C) groups is 2. The van der Waals surface area contributed by atoms with Crippen LogP contribution in [0.4, 0.5) is 5.69 Å². The van der Waals surface area contributed by atoms with Gasteiger partial charge in [-0.05, 0) is 57.3 Å². The number of likely N-dealkylation sites (N-methyl/N-ethyl adjacent to an activating group) is 1. The fraction of sp³-hybridized carbons (Fsp3) is 0.296. The van der Waals surface area contributed by atoms with Crippen molar-refractivity contribution >= 4 is 23.3 Å². The summed E-state index contributed by atoms with van der Waals surface area (Å²) in [6.45, 7) is 7.88. The second-order valence-corrected chi connectivity index (χ2v) is 8.55. The van der Waals surface area contributed by atoms with Crippen LogP contribution < -0.4 is 5.32 Å². The SMILES string of the molecule is C#C/N=C(\N=C(/C)c1cn(CC)nc1-c1cccnc1)Nc1ccc(C(=O)N2CCN(C)CC2)cc1. The first kappa shape index (κ1) is 24.8. The largest absolute Gasteiger partial charge is 0.336 e. The second kappa shape index (κ2) is 11.4. The van der Waals surface area contributed by atoms with Crippen molar-refractivity contribution < 1.29 is 4.79 Å². The Labute approximate surface area is 211 Å². The fourth-order valence-corrected chi connectivity index (χ4v) is 3.94. The van der Waals surface area contributed by atoms with Gasteiger partial charge in [0.15, 0.2) is 0 Å². The molecule has 1 aliphatic rings. The van der Waals surface area contributed by atoms with Crippen LogP contribution in [0.15, 0.2) is 65.0 Å². The van der Waals surface area contributed by atoms with E-state index in [-0.39, 0.29) is 11.9 Å². The van der Waals surface area contributed by atoms with E-state index in [4.69, 9.17) is 6.42 Å². The van der Waals surface area contributed by atoms with Crippen LogP contribution in [0.2, 0.25) is 0 Å². The molecule has 9 heteroatoms. The van der Waals surface area contributed by atoms with Gasteiger partial charge in [0.1, 0.15) is 5.69 Å². The summed E-state index contributed by atoms with van der Waals surface area (Å²) in [5, 5.41) is 7.84. The van der Waals surface area contributed by atoms with E-state index >= 15 is 0 Å². The van der Waals surface area contributed by atoms with Gasteiger partial charge in [-0.15, -0.1) is 0 Å². The highest BCUT2D eigenvalue weighted by molar-refractivity contribution is 6.11. The summed E-state index contributed by atoms with van der Waals surface area (Å²) in [5.41, 5.74) is 4.64. The minimum atomic E-state index is 0.0388. The average molecular weight is 483 g/mol. The van der Waals surface area contributed by atoms with Crippen LogP contribution in [0.25, 0.3) is 11.3 Å². The van der Waals surface area contributed by atoms with Crippen LogP contribution >= 0.6 is 0 Å². The highest BCUT2D eigenvalue weighted by Crippen LogP contribution is 2.22. The predicted octanol–water partition coefficient (Wildman–Crippen LogP) is 3.22. The smallest absolute Gasteiger partial charge is 0.253 e. The summed E-state index contributed by atoms with van der Waals surface area (Å²) in [6, 6.07) is 13.4. The molecule has 1 amide bonds. The molecule has 0 saturated carbocycles. The van der Waals surface area contributed by atoms with Gasteiger partial charge in [0, 0.05) is 79.7 Å². The summed E-state index contributed by atoms with van der Waals surface area (Å²) in [6.07, 6.45) is 10.9. The molecule has 184 valence electrons. The Hall–Kier alpha value is -4.29. The number of aryl methyl sites for hydroxylation is 1. The Morgan fingerprint density at radius 1 is 1.17 bits per heavy atom. The summed E-state index contributed by atoms with van der Waals surface area (Å²) in [7, 11) is 2.07. The third-order valence-corrected chi connectivity index (χ3v) is 6.03. The molecule has 2 aromatic heterocycles. The van der Waals surface area contributed by atoms with Crippen molar-refractivity contribution in [3.8, 4) is 23.7 Å². The molecule has 0 aliphatic carbocycles. The molecule has 1 fully saturated rings. The van der Waals surface area contributed by atoms with E-state index in [1.54, 1.807) is 24.5 Å². The third kappa shape index (κ3) is 5.85. The van der Waals surface area contributed by atoms with Crippen LogP contribution in [0.1, 0.15) is 29.8 Å². The average Bonchev–Trinajstić information content (AvgIpc) is 3.35. The maximum Gasteiger partial charge on any atom is 0.253 e. The van der Waals surface area contributed by atoms with E-state index in [2.05, 4.69) is 43.4 Å². The molecule has 3 aromatic rings. The lowest BCUT2D eigenvalue weighted by Crippen LogP contribution is -2.47. The number of anilines is 1. The number of aromatic nitrogens is 3. The van der Waals surface area contributed by atoms with Crippen molar-refractivity contribution in [2.24, 2.45) is 9.98 Å². The molecule has 9 nitrogen and oxygen atoms in total. The van der Waals surface area contributed by atoms with E-state index in [1.165, 1.54) is 0 Å². The topological polar surface area (TPSA) is 91.0 Å². The van der Waals surface area contributed by atoms with Gasteiger partial charge in [0.25, 0.3) is 5.91 Å². The first-order valence-electron chi connectivity index (χ1n) is 11.9. The highest BCUT2D eigenvalue weighted by atomic mass is 16.2. The molecule has 36 heavy (non-hydrogen) atoms. The van der Waals surface area contributed by atoms with E-state index in [0.29, 0.717) is 11.3 Å². The van der Waals surface area contributed by atoms with E-state index in [9.17, 15) is 4.79 Å². The maximum absolute atomic E-state index is 12.8. The number of carbonyl (C=O) groups excluding carboxylic acids is 1. The summed E-state index contributed by atoms with van der Waals surface area (Å²) in [5.74, 6) is 0.312. The number of benzene rings is 1. The molecule has 1 N–H and O–H groups in total. The van der Waals surface area contributed by atoms with Crippen LogP contribution in [0.3, 0.4) is 0 Å². The Kier molecular flexibility index (Phi) is 7.88. The van der Waals surface area contributed by atoms with Crippen molar-refractivity contribution in [1.82, 2.24) is 24.6 Å². The Bertz CT molecular complexity index is 1290. The van der Waals surface area contributed by atoms with Crippen LogP contribution in [-0.2, 0) is 6.54 Å². The molecule has 0 atom stereocenters. The number of amides is 1. The van der Waals surface area contributed by atoms with Gasteiger partial charge >= 0.3 is 0 Å². The molecule has 0 bridgehead atoms. The summed E-state index contributed by atoms with van der Waals surface area (Å²) in [4.78, 5) is 29.9. The first-order chi connectivity index (χ1) is 17.5. The normalized spacial score (nSPS) is 15.0.